The summed E-state index contributed by atoms with van der Waals surface area (Å²) in [5.74, 6) is 3.39. The fourth-order valence-electron chi connectivity index (χ4n) is 1.79. The molecule has 1 aromatic carbocycles. The number of alkyl halides is 3. The number of rotatable bonds is 1. The smallest absolute Gasteiger partial charge is 0.293 e. The van der Waals surface area contributed by atoms with E-state index in [0.717, 1.165) is 17.0 Å². The number of fused-ring (bicyclic) bond motifs is 1. The fourth-order valence-corrected chi connectivity index (χ4v) is 1.79. The summed E-state index contributed by atoms with van der Waals surface area (Å²) in [5.41, 5.74) is -1.00. The summed E-state index contributed by atoms with van der Waals surface area (Å²) in [6.07, 6.45) is -4.55. The maximum atomic E-state index is 12.5. The summed E-state index contributed by atoms with van der Waals surface area (Å²) in [5, 5.41) is 0. The predicted octanol–water partition coefficient (Wildman–Crippen LogP) is 2.26. The van der Waals surface area contributed by atoms with Crippen LogP contribution in [-0.2, 0) is 11.0 Å². The van der Waals surface area contributed by atoms with E-state index in [9.17, 15) is 22.8 Å². The molecule has 0 saturated heterocycles. The number of anilines is 1. The van der Waals surface area contributed by atoms with Crippen molar-refractivity contribution in [2.75, 3.05) is 11.4 Å². The van der Waals surface area contributed by atoms with Crippen molar-refractivity contribution in [2.45, 2.75) is 13.1 Å². The van der Waals surface area contributed by atoms with Crippen LogP contribution in [0, 0.1) is 11.8 Å². The minimum atomic E-state index is -4.55. The van der Waals surface area contributed by atoms with Gasteiger partial charge in [-0.2, -0.15) is 13.2 Å². The first kappa shape index (κ1) is 13.1. The average molecular weight is 267 g/mol. The van der Waals surface area contributed by atoms with Crippen molar-refractivity contribution in [1.82, 2.24) is 0 Å². The summed E-state index contributed by atoms with van der Waals surface area (Å²) in [7, 11) is 0. The average Bonchev–Trinajstić information content (AvgIpc) is 2.59. The third-order valence-corrected chi connectivity index (χ3v) is 2.71. The van der Waals surface area contributed by atoms with Crippen LogP contribution in [-0.4, -0.2) is 18.2 Å². The molecule has 1 aliphatic heterocycles. The summed E-state index contributed by atoms with van der Waals surface area (Å²) >= 11 is 0. The van der Waals surface area contributed by atoms with Crippen LogP contribution in [0.2, 0.25) is 0 Å². The van der Waals surface area contributed by atoms with E-state index in [1.807, 2.05) is 0 Å². The molecule has 19 heavy (non-hydrogen) atoms. The number of amides is 1. The monoisotopic (exact) mass is 267 g/mol. The van der Waals surface area contributed by atoms with Crippen LogP contribution < -0.4 is 4.90 Å². The molecule has 3 nitrogen and oxygen atoms in total. The van der Waals surface area contributed by atoms with Crippen molar-refractivity contribution in [1.29, 1.82) is 0 Å². The van der Waals surface area contributed by atoms with Gasteiger partial charge in [0.05, 0.1) is 23.4 Å². The molecule has 1 heterocycles. The first-order valence-corrected chi connectivity index (χ1v) is 5.33. The SMILES string of the molecule is CC#CCN1C(=O)C(=O)c2cc(C(F)(F)F)ccc21. The van der Waals surface area contributed by atoms with E-state index in [0.29, 0.717) is 6.07 Å². The maximum Gasteiger partial charge on any atom is 0.416 e. The second-order valence-corrected chi connectivity index (χ2v) is 3.88. The number of hydrogen-bond acceptors (Lipinski definition) is 2. The highest BCUT2D eigenvalue weighted by Crippen LogP contribution is 2.35. The van der Waals surface area contributed by atoms with Gasteiger partial charge in [0.25, 0.3) is 11.7 Å². The number of carbonyl (C=O) groups excluding carboxylic acids is 2. The van der Waals surface area contributed by atoms with Crippen LogP contribution in [0.5, 0.6) is 0 Å². The molecular weight excluding hydrogens is 259 g/mol. The van der Waals surface area contributed by atoms with E-state index in [1.165, 1.54) is 0 Å². The molecule has 0 N–H and O–H groups in total. The van der Waals surface area contributed by atoms with Gasteiger partial charge in [0.15, 0.2) is 0 Å². The van der Waals surface area contributed by atoms with Crippen molar-refractivity contribution < 1.29 is 22.8 Å². The number of benzene rings is 1. The topological polar surface area (TPSA) is 37.4 Å². The van der Waals surface area contributed by atoms with Crippen molar-refractivity contribution in [3.8, 4) is 11.8 Å². The molecule has 0 atom stereocenters. The first-order chi connectivity index (χ1) is 8.86. The molecule has 2 rings (SSSR count). The Hall–Kier alpha value is -2.29. The highest BCUT2D eigenvalue weighted by molar-refractivity contribution is 6.52. The van der Waals surface area contributed by atoms with Gasteiger partial charge >= 0.3 is 6.18 Å². The summed E-state index contributed by atoms with van der Waals surface area (Å²) < 4.78 is 37.6. The molecule has 6 heteroatoms. The molecule has 0 radical (unpaired) electrons. The minimum absolute atomic E-state index is 0.0144. The Morgan fingerprint density at radius 2 is 1.95 bits per heavy atom. The van der Waals surface area contributed by atoms with Gasteiger partial charge in [0.1, 0.15) is 0 Å². The zero-order chi connectivity index (χ0) is 14.2. The third kappa shape index (κ3) is 2.19. The second kappa shape index (κ2) is 4.43. The lowest BCUT2D eigenvalue weighted by atomic mass is 10.1. The van der Waals surface area contributed by atoms with Crippen LogP contribution >= 0.6 is 0 Å². The van der Waals surface area contributed by atoms with Gasteiger partial charge in [-0.3, -0.25) is 14.5 Å². The summed E-state index contributed by atoms with van der Waals surface area (Å²) in [6.45, 7) is 1.55. The predicted molar refractivity (Wildman–Crippen MR) is 61.6 cm³/mol. The molecule has 1 aromatic rings. The van der Waals surface area contributed by atoms with E-state index in [-0.39, 0.29) is 17.8 Å². The van der Waals surface area contributed by atoms with E-state index in [1.54, 1.807) is 6.92 Å². The normalized spacial score (nSPS) is 14.2. The number of carbonyl (C=O) groups is 2. The zero-order valence-electron chi connectivity index (χ0n) is 9.84. The summed E-state index contributed by atoms with van der Waals surface area (Å²) in [6, 6.07) is 2.67. The van der Waals surface area contributed by atoms with Crippen LogP contribution in [0.15, 0.2) is 18.2 Å². The molecule has 1 amide bonds. The molecule has 1 aliphatic rings. The van der Waals surface area contributed by atoms with Gasteiger partial charge < -0.3 is 0 Å². The van der Waals surface area contributed by atoms with E-state index in [2.05, 4.69) is 11.8 Å². The lowest BCUT2D eigenvalue weighted by molar-refractivity contribution is -0.137. The third-order valence-electron chi connectivity index (χ3n) is 2.71. The van der Waals surface area contributed by atoms with E-state index >= 15 is 0 Å². The Balaban J connectivity index is 2.49. The van der Waals surface area contributed by atoms with Gasteiger partial charge in [-0.05, 0) is 25.1 Å². The van der Waals surface area contributed by atoms with Gasteiger partial charge in [0, 0.05) is 0 Å². The van der Waals surface area contributed by atoms with Gasteiger partial charge in [-0.1, -0.05) is 5.92 Å². The minimum Gasteiger partial charge on any atom is -0.293 e. The molecule has 0 aromatic heterocycles. The van der Waals surface area contributed by atoms with Crippen LogP contribution in [0.25, 0.3) is 0 Å². The molecule has 0 unspecified atom stereocenters. The number of halogens is 3. The van der Waals surface area contributed by atoms with Crippen molar-refractivity contribution >= 4 is 17.4 Å². The van der Waals surface area contributed by atoms with Crippen LogP contribution in [0.3, 0.4) is 0 Å². The molecule has 98 valence electrons. The number of hydrogen-bond donors (Lipinski definition) is 0. The van der Waals surface area contributed by atoms with Gasteiger partial charge in [-0.15, -0.1) is 5.92 Å². The number of Topliss-reactive ketones (excluding diaryl/α,β-unsaturated/α-hetero) is 1. The van der Waals surface area contributed by atoms with Crippen molar-refractivity contribution in [3.63, 3.8) is 0 Å². The molecular formula is C13H8F3NO2. The number of ketones is 1. The quantitative estimate of drug-likeness (QED) is 0.578. The molecule has 0 saturated carbocycles. The van der Waals surface area contributed by atoms with Gasteiger partial charge in [-0.25, -0.2) is 0 Å². The Labute approximate surface area is 107 Å². The first-order valence-electron chi connectivity index (χ1n) is 5.33. The summed E-state index contributed by atoms with van der Waals surface area (Å²) in [4.78, 5) is 24.4. The van der Waals surface area contributed by atoms with Crippen LogP contribution in [0.1, 0.15) is 22.8 Å². The largest absolute Gasteiger partial charge is 0.416 e. The lowest BCUT2D eigenvalue weighted by Gasteiger charge is -2.13. The van der Waals surface area contributed by atoms with Crippen molar-refractivity contribution in [3.05, 3.63) is 29.3 Å². The lowest BCUT2D eigenvalue weighted by Crippen LogP contribution is -2.29. The Kier molecular flexibility index (Phi) is 3.06. The zero-order valence-corrected chi connectivity index (χ0v) is 9.84. The Bertz CT molecular complexity index is 623. The molecule has 0 fully saturated rings. The second-order valence-electron chi connectivity index (χ2n) is 3.88. The maximum absolute atomic E-state index is 12.5. The van der Waals surface area contributed by atoms with E-state index < -0.39 is 23.4 Å². The molecule has 0 aliphatic carbocycles. The number of nitrogens with zero attached hydrogens (tertiary/aromatic N) is 1. The molecule has 0 spiro atoms. The van der Waals surface area contributed by atoms with Crippen LogP contribution in [0.4, 0.5) is 18.9 Å². The van der Waals surface area contributed by atoms with Gasteiger partial charge in [0.2, 0.25) is 0 Å². The Morgan fingerprint density at radius 3 is 2.53 bits per heavy atom. The standard InChI is InChI=1S/C13H8F3NO2/c1-2-3-6-17-10-5-4-8(13(14,15)16)7-9(10)11(18)12(17)19/h4-5,7H,6H2,1H3. The molecule has 0 bridgehead atoms. The Morgan fingerprint density at radius 1 is 1.26 bits per heavy atom. The van der Waals surface area contributed by atoms with Crippen molar-refractivity contribution in [2.24, 2.45) is 0 Å². The fraction of sp³-hybridized carbons (Fsp3) is 0.231. The highest BCUT2D eigenvalue weighted by atomic mass is 19.4. The highest BCUT2D eigenvalue weighted by Gasteiger charge is 2.38. The van der Waals surface area contributed by atoms with E-state index in [4.69, 9.17) is 0 Å².